The summed E-state index contributed by atoms with van der Waals surface area (Å²) in [4.78, 5) is 24.5. The fourth-order valence-electron chi connectivity index (χ4n) is 2.41. The maximum Gasteiger partial charge on any atom is 0.262 e. The Morgan fingerprint density at radius 3 is 2.76 bits per heavy atom. The van der Waals surface area contributed by atoms with Crippen LogP contribution in [0.2, 0.25) is 0 Å². The second kappa shape index (κ2) is 7.33. The maximum absolute atomic E-state index is 13.1. The van der Waals surface area contributed by atoms with E-state index < -0.39 is 24.9 Å². The third kappa shape index (κ3) is 5.05. The van der Waals surface area contributed by atoms with Crippen LogP contribution >= 0.6 is 12.4 Å². The van der Waals surface area contributed by atoms with Gasteiger partial charge in [-0.1, -0.05) is 0 Å². The average molecular weight is 328 g/mol. The molecule has 21 heavy (non-hydrogen) atoms. The first-order valence-electron chi connectivity index (χ1n) is 6.63. The van der Waals surface area contributed by atoms with E-state index in [0.29, 0.717) is 26.2 Å². The molecule has 0 bridgehead atoms. The highest BCUT2D eigenvalue weighted by Gasteiger charge is 2.44. The topological polar surface area (TPSA) is 70.7 Å². The van der Waals surface area contributed by atoms with Crippen LogP contribution in [0.25, 0.3) is 0 Å². The van der Waals surface area contributed by atoms with E-state index in [2.05, 4.69) is 10.6 Å². The molecule has 2 aliphatic heterocycles. The van der Waals surface area contributed by atoms with Gasteiger partial charge in [0.1, 0.15) is 0 Å². The summed E-state index contributed by atoms with van der Waals surface area (Å²) in [6, 6.07) is -0.829. The molecule has 2 amide bonds. The summed E-state index contributed by atoms with van der Waals surface area (Å²) in [6.45, 7) is 2.30. The summed E-state index contributed by atoms with van der Waals surface area (Å²) < 4.78 is 31.6. The molecule has 2 atom stereocenters. The number of ether oxygens (including phenoxy) is 1. The van der Waals surface area contributed by atoms with Gasteiger partial charge in [0.2, 0.25) is 11.8 Å². The fraction of sp³-hybridized carbons (Fsp3) is 0.833. The minimum atomic E-state index is -2.82. The van der Waals surface area contributed by atoms with E-state index in [4.69, 9.17) is 4.74 Å². The third-order valence-electron chi connectivity index (χ3n) is 3.44. The maximum atomic E-state index is 13.1. The van der Waals surface area contributed by atoms with Crippen molar-refractivity contribution in [1.82, 2.24) is 15.5 Å². The van der Waals surface area contributed by atoms with E-state index in [0.717, 1.165) is 0 Å². The predicted molar refractivity (Wildman–Crippen MR) is 73.6 cm³/mol. The Labute approximate surface area is 128 Å². The van der Waals surface area contributed by atoms with Gasteiger partial charge in [0.05, 0.1) is 25.3 Å². The van der Waals surface area contributed by atoms with Crippen molar-refractivity contribution in [2.75, 3.05) is 32.8 Å². The zero-order chi connectivity index (χ0) is 14.8. The lowest BCUT2D eigenvalue weighted by Crippen LogP contribution is -2.53. The number of carbonyl (C=O) groups excluding carboxylic acids is 2. The number of hydrogen-bond donors (Lipinski definition) is 2. The van der Waals surface area contributed by atoms with Gasteiger partial charge in [-0.25, -0.2) is 8.78 Å². The van der Waals surface area contributed by atoms with Crippen molar-refractivity contribution in [3.8, 4) is 0 Å². The van der Waals surface area contributed by atoms with Gasteiger partial charge in [-0.2, -0.15) is 0 Å². The normalized spacial score (nSPS) is 27.9. The lowest BCUT2D eigenvalue weighted by molar-refractivity contribution is -0.141. The summed E-state index contributed by atoms with van der Waals surface area (Å²) in [6.07, 6.45) is -0.752. The van der Waals surface area contributed by atoms with E-state index in [1.807, 2.05) is 0 Å². The Morgan fingerprint density at radius 1 is 1.48 bits per heavy atom. The van der Waals surface area contributed by atoms with Crippen molar-refractivity contribution >= 4 is 24.2 Å². The second-order valence-electron chi connectivity index (χ2n) is 5.21. The van der Waals surface area contributed by atoms with Crippen LogP contribution < -0.4 is 10.6 Å². The van der Waals surface area contributed by atoms with Gasteiger partial charge in [0, 0.05) is 33.0 Å². The molecule has 0 aromatic carbocycles. The lowest BCUT2D eigenvalue weighted by atomic mass is 10.1. The Hall–Kier alpha value is -0.990. The molecule has 122 valence electrons. The Bertz CT molecular complexity index is 398. The molecule has 2 fully saturated rings. The molecule has 6 nitrogen and oxygen atoms in total. The average Bonchev–Trinajstić information content (AvgIpc) is 2.76. The van der Waals surface area contributed by atoms with E-state index in [1.165, 1.54) is 11.8 Å². The predicted octanol–water partition coefficient (Wildman–Crippen LogP) is -0.231. The van der Waals surface area contributed by atoms with Crippen LogP contribution in [0.5, 0.6) is 0 Å². The highest BCUT2D eigenvalue weighted by Crippen LogP contribution is 2.26. The Morgan fingerprint density at radius 2 is 2.19 bits per heavy atom. The van der Waals surface area contributed by atoms with Crippen molar-refractivity contribution in [2.24, 2.45) is 0 Å². The molecule has 2 saturated heterocycles. The monoisotopic (exact) mass is 327 g/mol. The minimum Gasteiger partial charge on any atom is -0.373 e. The third-order valence-corrected chi connectivity index (χ3v) is 3.44. The molecule has 9 heteroatoms. The molecular weight excluding hydrogens is 308 g/mol. The molecule has 2 rings (SSSR count). The second-order valence-corrected chi connectivity index (χ2v) is 5.21. The molecule has 0 aromatic rings. The highest BCUT2D eigenvalue weighted by molar-refractivity contribution is 5.85. The molecule has 2 aliphatic rings. The van der Waals surface area contributed by atoms with Crippen molar-refractivity contribution < 1.29 is 23.1 Å². The first-order chi connectivity index (χ1) is 9.37. The van der Waals surface area contributed by atoms with Crippen LogP contribution in [-0.2, 0) is 14.3 Å². The quantitative estimate of drug-likeness (QED) is 0.751. The van der Waals surface area contributed by atoms with Crippen molar-refractivity contribution in [2.45, 2.75) is 31.4 Å². The zero-order valence-electron chi connectivity index (χ0n) is 11.7. The number of hydrogen-bond acceptors (Lipinski definition) is 4. The van der Waals surface area contributed by atoms with Crippen molar-refractivity contribution in [3.05, 3.63) is 0 Å². The number of carbonyl (C=O) groups is 2. The van der Waals surface area contributed by atoms with Gasteiger partial charge in [-0.05, 0) is 0 Å². The number of nitrogens with one attached hydrogen (secondary N) is 2. The van der Waals surface area contributed by atoms with E-state index in [9.17, 15) is 18.4 Å². The molecule has 2 unspecified atom stereocenters. The summed E-state index contributed by atoms with van der Waals surface area (Å²) in [5.41, 5.74) is 0. The van der Waals surface area contributed by atoms with Gasteiger partial charge < -0.3 is 15.0 Å². The number of halogens is 3. The summed E-state index contributed by atoms with van der Waals surface area (Å²) >= 11 is 0. The number of amides is 2. The molecule has 2 heterocycles. The molecule has 0 radical (unpaired) electrons. The first-order valence-corrected chi connectivity index (χ1v) is 6.63. The molecule has 0 aliphatic carbocycles. The van der Waals surface area contributed by atoms with Crippen LogP contribution in [0.15, 0.2) is 0 Å². The lowest BCUT2D eigenvalue weighted by Gasteiger charge is -2.34. The van der Waals surface area contributed by atoms with Crippen molar-refractivity contribution in [3.63, 3.8) is 0 Å². The first kappa shape index (κ1) is 18.1. The van der Waals surface area contributed by atoms with E-state index >= 15 is 0 Å². The van der Waals surface area contributed by atoms with Gasteiger partial charge in [-0.15, -0.1) is 12.4 Å². The number of morpholine rings is 1. The number of nitrogens with zero attached hydrogens (tertiary/aromatic N) is 1. The molecular formula is C12H20ClF2N3O3. The zero-order valence-corrected chi connectivity index (χ0v) is 12.5. The standard InChI is InChI=1S/C12H19F2N3O3.ClH/c1-8(18)15-5-9-6-17(2-3-20-9)11(19)10-4-12(13,14)7-16-10;/h9-10,16H,2-7H2,1H3,(H,15,18);1H. The molecule has 0 aromatic heterocycles. The Balaban J connectivity index is 0.00000220. The van der Waals surface area contributed by atoms with Gasteiger partial charge in [-0.3, -0.25) is 14.9 Å². The summed E-state index contributed by atoms with van der Waals surface area (Å²) in [5, 5.41) is 5.18. The smallest absolute Gasteiger partial charge is 0.262 e. The van der Waals surface area contributed by atoms with Gasteiger partial charge in [0.15, 0.2) is 0 Å². The van der Waals surface area contributed by atoms with Crippen molar-refractivity contribution in [1.29, 1.82) is 0 Å². The van der Waals surface area contributed by atoms with Crippen LogP contribution in [-0.4, -0.2) is 67.6 Å². The summed E-state index contributed by atoms with van der Waals surface area (Å²) in [7, 11) is 0. The van der Waals surface area contributed by atoms with E-state index in [-0.39, 0.29) is 30.3 Å². The summed E-state index contributed by atoms with van der Waals surface area (Å²) in [5.74, 6) is -3.31. The molecule has 0 spiro atoms. The number of rotatable bonds is 3. The van der Waals surface area contributed by atoms with Gasteiger partial charge >= 0.3 is 0 Å². The fourth-order valence-corrected chi connectivity index (χ4v) is 2.41. The largest absolute Gasteiger partial charge is 0.373 e. The van der Waals surface area contributed by atoms with E-state index in [1.54, 1.807) is 0 Å². The SMILES string of the molecule is CC(=O)NCC1CN(C(=O)C2CC(F)(F)CN2)CCO1.Cl. The highest BCUT2D eigenvalue weighted by atomic mass is 35.5. The van der Waals surface area contributed by atoms with Gasteiger partial charge in [0.25, 0.3) is 5.92 Å². The number of alkyl halides is 2. The molecule has 2 N–H and O–H groups in total. The van der Waals surface area contributed by atoms with Crippen LogP contribution in [0.4, 0.5) is 8.78 Å². The van der Waals surface area contributed by atoms with Crippen LogP contribution in [0.3, 0.4) is 0 Å². The van der Waals surface area contributed by atoms with Crippen LogP contribution in [0, 0.1) is 0 Å². The van der Waals surface area contributed by atoms with Crippen LogP contribution in [0.1, 0.15) is 13.3 Å². The minimum absolute atomic E-state index is 0. The molecule has 0 saturated carbocycles. The Kier molecular flexibility index (Phi) is 6.30.